The molecule has 1 aliphatic heterocycles. The standard InChI is InChI=1S/C15H21N5O3/c1-11-17-13(23-18-11)7-5-8-14(21)20-9-4-2-3-6-12(20)15-16-10-22-19-15/h10,12H,2-9H2,1H3. The predicted molar refractivity (Wildman–Crippen MR) is 79.2 cm³/mol. The van der Waals surface area contributed by atoms with Crippen molar-refractivity contribution in [1.82, 2.24) is 25.2 Å². The van der Waals surface area contributed by atoms with Crippen molar-refractivity contribution in [3.63, 3.8) is 0 Å². The molecule has 23 heavy (non-hydrogen) atoms. The van der Waals surface area contributed by atoms with E-state index in [4.69, 9.17) is 9.05 Å². The number of hydrogen-bond donors (Lipinski definition) is 0. The average molecular weight is 319 g/mol. The second-order valence-corrected chi connectivity index (χ2v) is 5.83. The number of aryl methyl sites for hydroxylation is 2. The fourth-order valence-corrected chi connectivity index (χ4v) is 2.98. The van der Waals surface area contributed by atoms with Crippen molar-refractivity contribution < 1.29 is 13.8 Å². The molecular formula is C15H21N5O3. The van der Waals surface area contributed by atoms with Crippen LogP contribution in [0.4, 0.5) is 0 Å². The maximum atomic E-state index is 12.6. The molecular weight excluding hydrogens is 298 g/mol. The van der Waals surface area contributed by atoms with Gasteiger partial charge in [0.1, 0.15) is 0 Å². The van der Waals surface area contributed by atoms with E-state index in [9.17, 15) is 4.79 Å². The summed E-state index contributed by atoms with van der Waals surface area (Å²) in [6.45, 7) is 2.53. The second-order valence-electron chi connectivity index (χ2n) is 5.83. The number of rotatable bonds is 5. The lowest BCUT2D eigenvalue weighted by molar-refractivity contribution is -0.134. The van der Waals surface area contributed by atoms with Crippen molar-refractivity contribution in [3.05, 3.63) is 23.9 Å². The third kappa shape index (κ3) is 3.94. The molecule has 124 valence electrons. The molecule has 3 heterocycles. The minimum atomic E-state index is -0.0746. The van der Waals surface area contributed by atoms with Crippen LogP contribution in [0.25, 0.3) is 0 Å². The van der Waals surface area contributed by atoms with E-state index >= 15 is 0 Å². The number of likely N-dealkylation sites (tertiary alicyclic amines) is 1. The Morgan fingerprint density at radius 2 is 2.26 bits per heavy atom. The zero-order valence-electron chi connectivity index (χ0n) is 13.3. The minimum Gasteiger partial charge on any atom is -0.343 e. The summed E-state index contributed by atoms with van der Waals surface area (Å²) in [7, 11) is 0. The molecule has 3 rings (SSSR count). The van der Waals surface area contributed by atoms with E-state index in [2.05, 4.69) is 20.3 Å². The first kappa shape index (κ1) is 15.6. The highest BCUT2D eigenvalue weighted by Gasteiger charge is 2.29. The van der Waals surface area contributed by atoms with E-state index in [0.717, 1.165) is 32.2 Å². The van der Waals surface area contributed by atoms with Gasteiger partial charge in [-0.25, -0.2) is 0 Å². The summed E-state index contributed by atoms with van der Waals surface area (Å²) in [6, 6.07) is -0.0746. The van der Waals surface area contributed by atoms with E-state index in [1.54, 1.807) is 6.92 Å². The lowest BCUT2D eigenvalue weighted by atomic mass is 10.1. The Hall–Kier alpha value is -2.25. The lowest BCUT2D eigenvalue weighted by Crippen LogP contribution is -2.35. The highest BCUT2D eigenvalue weighted by Crippen LogP contribution is 2.28. The summed E-state index contributed by atoms with van der Waals surface area (Å²) in [5.74, 6) is 1.93. The SMILES string of the molecule is Cc1noc(CCCC(=O)N2CCCCCC2c2ncon2)n1. The van der Waals surface area contributed by atoms with Crippen LogP contribution >= 0.6 is 0 Å². The molecule has 0 bridgehead atoms. The van der Waals surface area contributed by atoms with Crippen molar-refractivity contribution in [2.24, 2.45) is 0 Å². The van der Waals surface area contributed by atoms with Gasteiger partial charge in [0.2, 0.25) is 18.2 Å². The molecule has 1 aliphatic rings. The topological polar surface area (TPSA) is 98.2 Å². The molecule has 1 amide bonds. The van der Waals surface area contributed by atoms with Crippen LogP contribution < -0.4 is 0 Å². The van der Waals surface area contributed by atoms with Crippen molar-refractivity contribution in [2.75, 3.05) is 6.54 Å². The summed E-state index contributed by atoms with van der Waals surface area (Å²) >= 11 is 0. The highest BCUT2D eigenvalue weighted by molar-refractivity contribution is 5.76. The van der Waals surface area contributed by atoms with E-state index in [-0.39, 0.29) is 11.9 Å². The molecule has 0 aliphatic carbocycles. The van der Waals surface area contributed by atoms with Gasteiger partial charge in [-0.2, -0.15) is 9.97 Å². The van der Waals surface area contributed by atoms with Gasteiger partial charge in [0, 0.05) is 19.4 Å². The number of hydrogen-bond acceptors (Lipinski definition) is 7. The van der Waals surface area contributed by atoms with Gasteiger partial charge < -0.3 is 13.9 Å². The van der Waals surface area contributed by atoms with Gasteiger partial charge in [0.15, 0.2) is 11.6 Å². The minimum absolute atomic E-state index is 0.0746. The Labute approximate surface area is 134 Å². The summed E-state index contributed by atoms with van der Waals surface area (Å²) in [5, 5.41) is 7.69. The normalized spacial score (nSPS) is 18.8. The van der Waals surface area contributed by atoms with Gasteiger partial charge in [-0.05, 0) is 26.2 Å². The third-order valence-corrected chi connectivity index (χ3v) is 4.10. The number of carbonyl (C=O) groups is 1. The van der Waals surface area contributed by atoms with E-state index in [0.29, 0.717) is 36.8 Å². The quantitative estimate of drug-likeness (QED) is 0.833. The summed E-state index contributed by atoms with van der Waals surface area (Å²) in [5.41, 5.74) is 0. The lowest BCUT2D eigenvalue weighted by Gasteiger charge is -2.27. The molecule has 2 aromatic rings. The summed E-state index contributed by atoms with van der Waals surface area (Å²) in [4.78, 5) is 22.8. The van der Waals surface area contributed by atoms with Gasteiger partial charge in [-0.15, -0.1) is 0 Å². The predicted octanol–water partition coefficient (Wildman–Crippen LogP) is 2.23. The Kier molecular flexibility index (Phi) is 4.99. The maximum absolute atomic E-state index is 12.6. The van der Waals surface area contributed by atoms with Crippen LogP contribution in [0.3, 0.4) is 0 Å². The second kappa shape index (κ2) is 7.34. The van der Waals surface area contributed by atoms with Crippen LogP contribution in [0, 0.1) is 6.92 Å². The zero-order valence-corrected chi connectivity index (χ0v) is 13.3. The van der Waals surface area contributed by atoms with Gasteiger partial charge in [0.05, 0.1) is 6.04 Å². The van der Waals surface area contributed by atoms with Gasteiger partial charge in [-0.3, -0.25) is 4.79 Å². The molecule has 1 atom stereocenters. The summed E-state index contributed by atoms with van der Waals surface area (Å²) in [6.07, 6.45) is 7.18. The van der Waals surface area contributed by atoms with E-state index in [1.165, 1.54) is 6.39 Å². The molecule has 8 nitrogen and oxygen atoms in total. The van der Waals surface area contributed by atoms with Crippen LogP contribution in [0.5, 0.6) is 0 Å². The molecule has 0 N–H and O–H groups in total. The van der Waals surface area contributed by atoms with E-state index < -0.39 is 0 Å². The first-order valence-electron chi connectivity index (χ1n) is 8.09. The first-order chi connectivity index (χ1) is 11.2. The number of amides is 1. The Morgan fingerprint density at radius 1 is 1.35 bits per heavy atom. The molecule has 0 aromatic carbocycles. The molecule has 1 fully saturated rings. The summed E-state index contributed by atoms with van der Waals surface area (Å²) < 4.78 is 9.92. The maximum Gasteiger partial charge on any atom is 0.226 e. The Balaban J connectivity index is 1.59. The van der Waals surface area contributed by atoms with Crippen LogP contribution in [-0.2, 0) is 11.2 Å². The van der Waals surface area contributed by atoms with Crippen LogP contribution in [-0.4, -0.2) is 37.6 Å². The van der Waals surface area contributed by atoms with Crippen molar-refractivity contribution in [3.8, 4) is 0 Å². The number of nitrogens with zero attached hydrogens (tertiary/aromatic N) is 5. The molecule has 8 heteroatoms. The van der Waals surface area contributed by atoms with Crippen LogP contribution in [0.15, 0.2) is 15.4 Å². The number of carbonyl (C=O) groups excluding carboxylic acids is 1. The molecule has 0 saturated carbocycles. The average Bonchev–Trinajstić information content (AvgIpc) is 3.14. The van der Waals surface area contributed by atoms with Crippen molar-refractivity contribution in [2.45, 2.75) is 57.9 Å². The van der Waals surface area contributed by atoms with Crippen LogP contribution in [0.1, 0.15) is 62.1 Å². The Bertz CT molecular complexity index is 625. The first-order valence-corrected chi connectivity index (χ1v) is 8.09. The fourth-order valence-electron chi connectivity index (χ4n) is 2.98. The third-order valence-electron chi connectivity index (χ3n) is 4.10. The van der Waals surface area contributed by atoms with Crippen molar-refractivity contribution in [1.29, 1.82) is 0 Å². The molecule has 1 saturated heterocycles. The van der Waals surface area contributed by atoms with Gasteiger partial charge in [-0.1, -0.05) is 23.2 Å². The van der Waals surface area contributed by atoms with Crippen LogP contribution in [0.2, 0.25) is 0 Å². The van der Waals surface area contributed by atoms with Crippen molar-refractivity contribution >= 4 is 5.91 Å². The fraction of sp³-hybridized carbons (Fsp3) is 0.667. The molecule has 1 unspecified atom stereocenters. The molecule has 0 spiro atoms. The smallest absolute Gasteiger partial charge is 0.226 e. The number of aromatic nitrogens is 4. The molecule has 2 aromatic heterocycles. The monoisotopic (exact) mass is 319 g/mol. The van der Waals surface area contributed by atoms with Gasteiger partial charge >= 0.3 is 0 Å². The zero-order chi connectivity index (χ0) is 16.1. The largest absolute Gasteiger partial charge is 0.343 e. The Morgan fingerprint density at radius 3 is 3.00 bits per heavy atom. The molecule has 0 radical (unpaired) electrons. The highest BCUT2D eigenvalue weighted by atomic mass is 16.5. The van der Waals surface area contributed by atoms with Gasteiger partial charge in [0.25, 0.3) is 0 Å². The van der Waals surface area contributed by atoms with E-state index in [1.807, 2.05) is 4.90 Å².